The molecule has 9 rings (SSSR count). The number of fused-ring (bicyclic) bond motifs is 6. The summed E-state index contributed by atoms with van der Waals surface area (Å²) in [5, 5.41) is 4.92. The van der Waals surface area contributed by atoms with Gasteiger partial charge in [0.25, 0.3) is 0 Å². The molecule has 44 heavy (non-hydrogen) atoms. The predicted octanol–water partition coefficient (Wildman–Crippen LogP) is 10.8. The molecule has 0 radical (unpaired) electrons. The number of rotatable bonds is 4. The minimum atomic E-state index is 0.907. The van der Waals surface area contributed by atoms with E-state index in [1.54, 1.807) is 0 Å². The number of para-hydroxylation sites is 2. The third kappa shape index (κ3) is 3.94. The van der Waals surface area contributed by atoms with Gasteiger partial charge in [0.2, 0.25) is 0 Å². The highest BCUT2D eigenvalue weighted by Gasteiger charge is 2.17. The van der Waals surface area contributed by atoms with Crippen LogP contribution in [-0.2, 0) is 0 Å². The van der Waals surface area contributed by atoms with Crippen molar-refractivity contribution in [2.75, 3.05) is 0 Å². The number of hydrogen-bond acceptors (Lipinski definition) is 1. The van der Waals surface area contributed by atoms with Crippen LogP contribution in [0, 0.1) is 0 Å². The third-order valence-corrected chi connectivity index (χ3v) is 8.73. The van der Waals surface area contributed by atoms with E-state index in [9.17, 15) is 0 Å². The molecule has 0 saturated carbocycles. The molecule has 1 N–H and O–H groups in total. The van der Waals surface area contributed by atoms with Crippen molar-refractivity contribution in [1.29, 1.82) is 0 Å². The second kappa shape index (κ2) is 9.82. The molecule has 0 bridgehead atoms. The Morgan fingerprint density at radius 3 is 1.82 bits per heavy atom. The highest BCUT2D eigenvalue weighted by molar-refractivity contribution is 6.11. The molecule has 0 atom stereocenters. The topological polar surface area (TPSA) is 33.6 Å². The summed E-state index contributed by atoms with van der Waals surface area (Å²) in [5.74, 6) is 0.907. The van der Waals surface area contributed by atoms with Gasteiger partial charge in [-0.1, -0.05) is 109 Å². The van der Waals surface area contributed by atoms with Gasteiger partial charge in [-0.2, -0.15) is 0 Å². The summed E-state index contributed by atoms with van der Waals surface area (Å²) >= 11 is 0. The maximum atomic E-state index is 5.27. The number of nitrogens with one attached hydrogen (secondary N) is 1. The van der Waals surface area contributed by atoms with Crippen molar-refractivity contribution >= 4 is 43.6 Å². The predicted molar refractivity (Wildman–Crippen MR) is 184 cm³/mol. The number of nitrogens with zero attached hydrogens (tertiary/aromatic N) is 2. The number of H-pyrrole nitrogens is 1. The number of aromatic nitrogens is 3. The van der Waals surface area contributed by atoms with Crippen LogP contribution in [-0.4, -0.2) is 14.5 Å². The molecule has 0 amide bonds. The van der Waals surface area contributed by atoms with Crippen molar-refractivity contribution in [3.05, 3.63) is 158 Å². The summed E-state index contributed by atoms with van der Waals surface area (Å²) in [4.78, 5) is 8.82. The zero-order valence-corrected chi connectivity index (χ0v) is 23.9. The summed E-state index contributed by atoms with van der Waals surface area (Å²) in [6.07, 6.45) is 0. The molecule has 9 aromatic rings. The van der Waals surface area contributed by atoms with Gasteiger partial charge in [0, 0.05) is 38.1 Å². The Hall–Kier alpha value is -5.93. The molecule has 0 spiro atoms. The fourth-order valence-electron chi connectivity index (χ4n) is 6.61. The lowest BCUT2D eigenvalue weighted by Gasteiger charge is -2.13. The van der Waals surface area contributed by atoms with Crippen molar-refractivity contribution in [3.63, 3.8) is 0 Å². The number of benzene rings is 6. The van der Waals surface area contributed by atoms with E-state index in [1.807, 2.05) is 6.07 Å². The van der Waals surface area contributed by atoms with Crippen LogP contribution in [0.4, 0.5) is 0 Å². The van der Waals surface area contributed by atoms with Crippen LogP contribution < -0.4 is 0 Å². The van der Waals surface area contributed by atoms with E-state index >= 15 is 0 Å². The van der Waals surface area contributed by atoms with Gasteiger partial charge in [-0.3, -0.25) is 4.57 Å². The molecule has 3 heterocycles. The Labute approximate surface area is 254 Å². The highest BCUT2D eigenvalue weighted by Crippen LogP contribution is 2.37. The molecule has 206 valence electrons. The second-order valence-electron chi connectivity index (χ2n) is 11.3. The van der Waals surface area contributed by atoms with E-state index in [-0.39, 0.29) is 0 Å². The van der Waals surface area contributed by atoms with Crippen LogP contribution in [0.5, 0.6) is 0 Å². The van der Waals surface area contributed by atoms with Crippen LogP contribution in [0.2, 0.25) is 0 Å². The van der Waals surface area contributed by atoms with E-state index < -0.39 is 0 Å². The molecular formula is C41H27N3. The highest BCUT2D eigenvalue weighted by atomic mass is 15.1. The van der Waals surface area contributed by atoms with E-state index in [1.165, 1.54) is 43.8 Å². The monoisotopic (exact) mass is 561 g/mol. The Bertz CT molecular complexity index is 2430. The lowest BCUT2D eigenvalue weighted by atomic mass is 10.0. The molecule has 0 saturated heterocycles. The van der Waals surface area contributed by atoms with Crippen LogP contribution in [0.15, 0.2) is 158 Å². The zero-order valence-electron chi connectivity index (χ0n) is 23.9. The third-order valence-electron chi connectivity index (χ3n) is 8.73. The van der Waals surface area contributed by atoms with Gasteiger partial charge in [-0.15, -0.1) is 0 Å². The first-order valence-electron chi connectivity index (χ1n) is 15.0. The molecule has 0 fully saturated rings. The van der Waals surface area contributed by atoms with Gasteiger partial charge in [0.15, 0.2) is 0 Å². The van der Waals surface area contributed by atoms with Crippen molar-refractivity contribution in [3.8, 4) is 39.3 Å². The van der Waals surface area contributed by atoms with Crippen LogP contribution in [0.25, 0.3) is 82.9 Å². The number of pyridine rings is 1. The Balaban J connectivity index is 1.27. The standard InChI is InChI=1S/C41H27N3/c1-3-11-27(12-4-1)31-25-38(28-13-5-2-6-14-28)43-41(26-31)44-39-18-10-8-16-33(39)35-24-30(20-22-40(35)44)29-19-21-37-34(23-29)32-15-7-9-17-36(32)42-37/h1-26,42H. The van der Waals surface area contributed by atoms with Crippen molar-refractivity contribution in [1.82, 2.24) is 14.5 Å². The molecule has 0 aliphatic carbocycles. The lowest BCUT2D eigenvalue weighted by Crippen LogP contribution is -2.00. The van der Waals surface area contributed by atoms with E-state index in [0.717, 1.165) is 39.2 Å². The Morgan fingerprint density at radius 2 is 1.00 bits per heavy atom. The quantitative estimate of drug-likeness (QED) is 0.228. The fourth-order valence-corrected chi connectivity index (χ4v) is 6.61. The number of aromatic amines is 1. The lowest BCUT2D eigenvalue weighted by molar-refractivity contribution is 1.08. The summed E-state index contributed by atoms with van der Waals surface area (Å²) < 4.78 is 2.32. The normalized spacial score (nSPS) is 11.6. The van der Waals surface area contributed by atoms with Crippen molar-refractivity contribution in [2.24, 2.45) is 0 Å². The summed E-state index contributed by atoms with van der Waals surface area (Å²) in [5.41, 5.74) is 11.4. The van der Waals surface area contributed by atoms with Gasteiger partial charge < -0.3 is 4.98 Å². The molecular weight excluding hydrogens is 534 g/mol. The summed E-state index contributed by atoms with van der Waals surface area (Å²) in [6.45, 7) is 0. The minimum absolute atomic E-state index is 0.907. The van der Waals surface area contributed by atoms with Crippen molar-refractivity contribution < 1.29 is 0 Å². The Morgan fingerprint density at radius 1 is 0.386 bits per heavy atom. The van der Waals surface area contributed by atoms with Gasteiger partial charge in [0.1, 0.15) is 5.82 Å². The first kappa shape index (κ1) is 24.6. The van der Waals surface area contributed by atoms with Gasteiger partial charge >= 0.3 is 0 Å². The maximum absolute atomic E-state index is 5.27. The van der Waals surface area contributed by atoms with Gasteiger partial charge in [0.05, 0.1) is 16.7 Å². The smallest absolute Gasteiger partial charge is 0.138 e. The summed E-state index contributed by atoms with van der Waals surface area (Å²) in [6, 6.07) is 56.2. The minimum Gasteiger partial charge on any atom is -0.355 e. The van der Waals surface area contributed by atoms with E-state index in [4.69, 9.17) is 4.98 Å². The first-order chi connectivity index (χ1) is 21.8. The van der Waals surface area contributed by atoms with Crippen molar-refractivity contribution in [2.45, 2.75) is 0 Å². The average Bonchev–Trinajstić information content (AvgIpc) is 3.64. The SMILES string of the molecule is c1ccc(-c2cc(-c3ccccc3)nc(-n3c4ccccc4c4cc(-c5ccc6[nH]c7ccccc7c6c5)ccc43)c2)cc1. The van der Waals surface area contributed by atoms with Crippen LogP contribution in [0.1, 0.15) is 0 Å². The van der Waals surface area contributed by atoms with E-state index in [0.29, 0.717) is 0 Å². The molecule has 0 aliphatic heterocycles. The average molecular weight is 562 g/mol. The zero-order chi connectivity index (χ0) is 29.0. The van der Waals surface area contributed by atoms with Crippen LogP contribution in [0.3, 0.4) is 0 Å². The van der Waals surface area contributed by atoms with Gasteiger partial charge in [-0.05, 0) is 70.8 Å². The first-order valence-corrected chi connectivity index (χ1v) is 15.0. The fraction of sp³-hybridized carbons (Fsp3) is 0. The van der Waals surface area contributed by atoms with Gasteiger partial charge in [-0.25, -0.2) is 4.98 Å². The maximum Gasteiger partial charge on any atom is 0.138 e. The number of hydrogen-bond donors (Lipinski definition) is 1. The molecule has 0 aliphatic rings. The molecule has 3 nitrogen and oxygen atoms in total. The molecule has 3 aromatic heterocycles. The molecule has 0 unspecified atom stereocenters. The second-order valence-corrected chi connectivity index (χ2v) is 11.3. The van der Waals surface area contributed by atoms with E-state index in [2.05, 4.69) is 161 Å². The Kier molecular flexibility index (Phi) is 5.50. The summed E-state index contributed by atoms with van der Waals surface area (Å²) in [7, 11) is 0. The van der Waals surface area contributed by atoms with Crippen LogP contribution >= 0.6 is 0 Å². The molecule has 6 aromatic carbocycles. The largest absolute Gasteiger partial charge is 0.355 e. The molecule has 3 heteroatoms.